The van der Waals surface area contributed by atoms with Crippen LogP contribution in [0, 0.1) is 17.6 Å². The minimum atomic E-state index is -0.860. The van der Waals surface area contributed by atoms with Gasteiger partial charge in [-0.15, -0.1) is 11.3 Å². The Labute approximate surface area is 177 Å². The fraction of sp³-hybridized carbons (Fsp3) is 0.304. The number of nitrogens with one attached hydrogen (secondary N) is 1. The predicted molar refractivity (Wildman–Crippen MR) is 114 cm³/mol. The standard InChI is InChI=1S/C23H22F2N2O2S/c24-17-5-6-19(20(25)13-17)23(29)27-11-8-15(9-12-27)22(28)26-10-7-16-14-30-21-4-2-1-3-18(16)21/h1-6,13-15H,7-12H2,(H,26,28). The molecule has 2 heterocycles. The maximum atomic E-state index is 13.9. The number of thiophene rings is 1. The van der Waals surface area contributed by atoms with Gasteiger partial charge < -0.3 is 10.2 Å². The number of carbonyl (C=O) groups is 2. The molecule has 7 heteroatoms. The number of likely N-dealkylation sites (tertiary alicyclic amines) is 1. The van der Waals surface area contributed by atoms with Crippen molar-refractivity contribution in [2.45, 2.75) is 19.3 Å². The smallest absolute Gasteiger partial charge is 0.256 e. The normalized spacial score (nSPS) is 14.8. The van der Waals surface area contributed by atoms with Crippen molar-refractivity contribution in [3.8, 4) is 0 Å². The van der Waals surface area contributed by atoms with E-state index in [0.29, 0.717) is 38.5 Å². The van der Waals surface area contributed by atoms with Gasteiger partial charge in [-0.05, 0) is 53.8 Å². The van der Waals surface area contributed by atoms with Crippen LogP contribution in [0.1, 0.15) is 28.8 Å². The number of carbonyl (C=O) groups excluding carboxylic acids is 2. The summed E-state index contributed by atoms with van der Waals surface area (Å²) in [6.45, 7) is 1.32. The summed E-state index contributed by atoms with van der Waals surface area (Å²) < 4.78 is 28.2. The first-order valence-electron chi connectivity index (χ1n) is 10.00. The highest BCUT2D eigenvalue weighted by Crippen LogP contribution is 2.26. The van der Waals surface area contributed by atoms with Crippen LogP contribution in [0.4, 0.5) is 8.78 Å². The Kier molecular flexibility index (Phi) is 6.08. The third kappa shape index (κ3) is 4.36. The SMILES string of the molecule is O=C(NCCc1csc2ccccc12)C1CCN(C(=O)c2ccc(F)cc2F)CC1. The highest BCUT2D eigenvalue weighted by molar-refractivity contribution is 7.17. The average molecular weight is 429 g/mol. The fourth-order valence-corrected chi connectivity index (χ4v) is 4.87. The third-order valence-electron chi connectivity index (χ3n) is 5.57. The van der Waals surface area contributed by atoms with Gasteiger partial charge in [0.15, 0.2) is 0 Å². The van der Waals surface area contributed by atoms with Crippen LogP contribution in [-0.4, -0.2) is 36.3 Å². The van der Waals surface area contributed by atoms with Crippen molar-refractivity contribution >= 4 is 33.2 Å². The maximum Gasteiger partial charge on any atom is 0.256 e. The van der Waals surface area contributed by atoms with Crippen LogP contribution >= 0.6 is 11.3 Å². The lowest BCUT2D eigenvalue weighted by Gasteiger charge is -2.31. The number of nitrogens with zero attached hydrogens (tertiary/aromatic N) is 1. The van der Waals surface area contributed by atoms with Gasteiger partial charge >= 0.3 is 0 Å². The van der Waals surface area contributed by atoms with E-state index in [1.54, 1.807) is 11.3 Å². The molecule has 1 aliphatic rings. The van der Waals surface area contributed by atoms with E-state index in [-0.39, 0.29) is 17.4 Å². The van der Waals surface area contributed by atoms with Crippen molar-refractivity contribution in [3.05, 3.63) is 70.6 Å². The minimum absolute atomic E-state index is 0.00500. The second-order valence-corrected chi connectivity index (χ2v) is 8.40. The molecule has 0 unspecified atom stereocenters. The molecule has 4 rings (SSSR count). The first kappa shape index (κ1) is 20.5. The van der Waals surface area contributed by atoms with E-state index >= 15 is 0 Å². The molecular weight excluding hydrogens is 406 g/mol. The Morgan fingerprint density at radius 2 is 1.87 bits per heavy atom. The zero-order valence-corrected chi connectivity index (χ0v) is 17.2. The summed E-state index contributed by atoms with van der Waals surface area (Å²) in [4.78, 5) is 26.5. The molecule has 1 N–H and O–H groups in total. The van der Waals surface area contributed by atoms with Crippen LogP contribution in [0.3, 0.4) is 0 Å². The average Bonchev–Trinajstić information content (AvgIpc) is 3.16. The van der Waals surface area contributed by atoms with Gasteiger partial charge in [-0.25, -0.2) is 8.78 Å². The number of halogens is 2. The highest BCUT2D eigenvalue weighted by Gasteiger charge is 2.28. The number of amides is 2. The molecule has 4 nitrogen and oxygen atoms in total. The molecule has 0 spiro atoms. The Bertz CT molecular complexity index is 1070. The van der Waals surface area contributed by atoms with Gasteiger partial charge in [-0.3, -0.25) is 9.59 Å². The molecule has 0 bridgehead atoms. The monoisotopic (exact) mass is 428 g/mol. The van der Waals surface area contributed by atoms with Gasteiger partial charge in [-0.1, -0.05) is 18.2 Å². The van der Waals surface area contributed by atoms with E-state index in [1.807, 2.05) is 12.1 Å². The molecule has 0 atom stereocenters. The second-order valence-electron chi connectivity index (χ2n) is 7.49. The van der Waals surface area contributed by atoms with Crippen LogP contribution in [-0.2, 0) is 11.2 Å². The summed E-state index contributed by atoms with van der Waals surface area (Å²) in [7, 11) is 0. The first-order chi connectivity index (χ1) is 14.5. The van der Waals surface area contributed by atoms with Gasteiger partial charge in [-0.2, -0.15) is 0 Å². The number of hydrogen-bond donors (Lipinski definition) is 1. The van der Waals surface area contributed by atoms with E-state index < -0.39 is 17.5 Å². The zero-order valence-electron chi connectivity index (χ0n) is 16.4. The van der Waals surface area contributed by atoms with E-state index in [9.17, 15) is 18.4 Å². The molecule has 1 aromatic heterocycles. The number of rotatable bonds is 5. The predicted octanol–water partition coefficient (Wildman–Crippen LogP) is 4.39. The van der Waals surface area contributed by atoms with Crippen molar-refractivity contribution in [2.75, 3.05) is 19.6 Å². The van der Waals surface area contributed by atoms with Gasteiger partial charge in [0, 0.05) is 36.3 Å². The molecule has 30 heavy (non-hydrogen) atoms. The number of benzene rings is 2. The third-order valence-corrected chi connectivity index (χ3v) is 6.58. The van der Waals surface area contributed by atoms with Crippen molar-refractivity contribution in [3.63, 3.8) is 0 Å². The zero-order chi connectivity index (χ0) is 21.1. The Morgan fingerprint density at radius 3 is 2.63 bits per heavy atom. The van der Waals surface area contributed by atoms with Crippen LogP contribution in [0.5, 0.6) is 0 Å². The number of fused-ring (bicyclic) bond motifs is 1. The summed E-state index contributed by atoms with van der Waals surface area (Å²) in [5.41, 5.74) is 1.10. The number of hydrogen-bond acceptors (Lipinski definition) is 3. The molecule has 0 aliphatic carbocycles. The lowest BCUT2D eigenvalue weighted by molar-refractivity contribution is -0.126. The fourth-order valence-electron chi connectivity index (χ4n) is 3.87. The summed E-state index contributed by atoms with van der Waals surface area (Å²) in [5, 5.41) is 6.37. The van der Waals surface area contributed by atoms with Gasteiger partial charge in [0.25, 0.3) is 5.91 Å². The molecule has 2 aromatic carbocycles. The lowest BCUT2D eigenvalue weighted by atomic mass is 9.95. The molecular formula is C23H22F2N2O2S. The molecule has 0 saturated carbocycles. The molecule has 2 amide bonds. The van der Waals surface area contributed by atoms with Crippen molar-refractivity contribution in [1.82, 2.24) is 10.2 Å². The van der Waals surface area contributed by atoms with Crippen LogP contribution in [0.25, 0.3) is 10.1 Å². The van der Waals surface area contributed by atoms with Gasteiger partial charge in [0.2, 0.25) is 5.91 Å². The summed E-state index contributed by atoms with van der Waals surface area (Å²) >= 11 is 1.71. The molecule has 1 saturated heterocycles. The van der Waals surface area contributed by atoms with Crippen molar-refractivity contribution < 1.29 is 18.4 Å². The molecule has 1 fully saturated rings. The molecule has 156 valence electrons. The molecule has 3 aromatic rings. The number of piperidine rings is 1. The second kappa shape index (κ2) is 8.92. The van der Waals surface area contributed by atoms with E-state index in [2.05, 4.69) is 22.8 Å². The first-order valence-corrected chi connectivity index (χ1v) is 10.9. The Hall–Kier alpha value is -2.80. The summed E-state index contributed by atoms with van der Waals surface area (Å²) in [6, 6.07) is 11.2. The lowest BCUT2D eigenvalue weighted by Crippen LogP contribution is -2.43. The topological polar surface area (TPSA) is 49.4 Å². The van der Waals surface area contributed by atoms with Crippen LogP contribution < -0.4 is 5.32 Å². The Balaban J connectivity index is 1.26. The summed E-state index contributed by atoms with van der Waals surface area (Å²) in [6.07, 6.45) is 1.83. The van der Waals surface area contributed by atoms with Gasteiger partial charge in [0.1, 0.15) is 11.6 Å². The minimum Gasteiger partial charge on any atom is -0.356 e. The highest BCUT2D eigenvalue weighted by atomic mass is 32.1. The van der Waals surface area contributed by atoms with Crippen molar-refractivity contribution in [1.29, 1.82) is 0 Å². The largest absolute Gasteiger partial charge is 0.356 e. The quantitative estimate of drug-likeness (QED) is 0.655. The van der Waals surface area contributed by atoms with Crippen LogP contribution in [0.2, 0.25) is 0 Å². The molecule has 0 radical (unpaired) electrons. The van der Waals surface area contributed by atoms with E-state index in [0.717, 1.165) is 12.5 Å². The van der Waals surface area contributed by atoms with Crippen molar-refractivity contribution in [2.24, 2.45) is 5.92 Å². The van der Waals surface area contributed by atoms with Crippen LogP contribution in [0.15, 0.2) is 47.8 Å². The maximum absolute atomic E-state index is 13.9. The van der Waals surface area contributed by atoms with E-state index in [4.69, 9.17) is 0 Å². The Morgan fingerprint density at radius 1 is 1.10 bits per heavy atom. The van der Waals surface area contributed by atoms with Gasteiger partial charge in [0.05, 0.1) is 5.56 Å². The molecule has 1 aliphatic heterocycles. The summed E-state index contributed by atoms with van der Waals surface area (Å²) in [5.74, 6) is -2.20. The van der Waals surface area contributed by atoms with E-state index in [1.165, 1.54) is 26.6 Å².